The molecular formula is C53H83NO14. The highest BCUT2D eigenvalue weighted by Crippen LogP contribution is 2.38. The van der Waals surface area contributed by atoms with Crippen molar-refractivity contribution >= 4 is 29.2 Å². The number of Topliss-reactive ketones (excluding diaryl/α,β-unsaturated/α-hetero) is 3. The predicted octanol–water partition coefficient (Wildman–Crippen LogP) is 6.20. The number of ether oxygens (including phenoxy) is 6. The average molecular weight is 958 g/mol. The van der Waals surface area contributed by atoms with Gasteiger partial charge in [0.15, 0.2) is 5.78 Å². The van der Waals surface area contributed by atoms with Crippen LogP contribution in [0.15, 0.2) is 47.6 Å². The lowest BCUT2D eigenvalue weighted by molar-refractivity contribution is -0.265. The molecule has 15 nitrogen and oxygen atoms in total. The van der Waals surface area contributed by atoms with Crippen LogP contribution in [-0.4, -0.2) is 145 Å². The number of carbonyl (C=O) groups is 5. The lowest BCUT2D eigenvalue weighted by atomic mass is 9.78. The second kappa shape index (κ2) is 27.3. The van der Waals surface area contributed by atoms with E-state index in [0.717, 1.165) is 12.0 Å². The van der Waals surface area contributed by atoms with Gasteiger partial charge in [0, 0.05) is 58.5 Å². The van der Waals surface area contributed by atoms with Gasteiger partial charge in [0.1, 0.15) is 30.1 Å². The van der Waals surface area contributed by atoms with Gasteiger partial charge in [0.25, 0.3) is 11.7 Å². The topological polar surface area (TPSA) is 205 Å². The van der Waals surface area contributed by atoms with Gasteiger partial charge in [-0.15, -0.1) is 0 Å². The molecule has 3 heterocycles. The zero-order chi connectivity index (χ0) is 50.3. The fourth-order valence-corrected chi connectivity index (χ4v) is 10.5. The molecule has 2 saturated heterocycles. The summed E-state index contributed by atoms with van der Waals surface area (Å²) in [5, 5.41) is 32.8. The first-order valence-corrected chi connectivity index (χ1v) is 25.0. The number of ketones is 3. The number of hydrogen-bond donors (Lipinski definition) is 3. The van der Waals surface area contributed by atoms with Crippen LogP contribution in [0.1, 0.15) is 126 Å². The van der Waals surface area contributed by atoms with Crippen LogP contribution in [0.5, 0.6) is 0 Å². The molecule has 1 amide bonds. The third-order valence-corrected chi connectivity index (χ3v) is 14.9. The quantitative estimate of drug-likeness (QED) is 0.134. The van der Waals surface area contributed by atoms with E-state index in [-0.39, 0.29) is 74.1 Å². The SMILES string of the molecule is CO[C@H]1C[C@@H]2CC[C@@H](C)[C@@](O)(O2)C(=O)C(=O)N2CCCC[C@H]2C(=O)O[C@H]([C@H](C)C[C@@H]2CC[C@@H](OCCO)[C@H](OC)C2)CC(=O)[C@H](C)/C=C(/C)[C@@H](O)[C@@H](OC)C(=O)[C@H](C)C[C@H](C)/C=C\C=CC=C1C. The van der Waals surface area contributed by atoms with E-state index in [1.165, 1.54) is 12.0 Å². The van der Waals surface area contributed by atoms with Crippen LogP contribution in [0.2, 0.25) is 0 Å². The van der Waals surface area contributed by atoms with Crippen molar-refractivity contribution in [3.63, 3.8) is 0 Å². The Morgan fingerprint density at radius 2 is 1.59 bits per heavy atom. The number of aliphatic hydroxyl groups is 3. The first-order valence-electron chi connectivity index (χ1n) is 25.0. The molecule has 0 aromatic rings. The number of carbonyl (C=O) groups excluding carboxylic acids is 5. The Hall–Kier alpha value is -3.41. The third kappa shape index (κ3) is 15.3. The first-order chi connectivity index (χ1) is 32.3. The van der Waals surface area contributed by atoms with E-state index in [1.54, 1.807) is 41.1 Å². The molecule has 1 aliphatic carbocycles. The van der Waals surface area contributed by atoms with E-state index in [9.17, 15) is 39.3 Å². The number of rotatable bonds is 9. The summed E-state index contributed by atoms with van der Waals surface area (Å²) >= 11 is 0. The summed E-state index contributed by atoms with van der Waals surface area (Å²) in [5.74, 6) is -7.96. The van der Waals surface area contributed by atoms with Gasteiger partial charge in [-0.1, -0.05) is 71.1 Å². The molecule has 1 saturated carbocycles. The second-order valence-electron chi connectivity index (χ2n) is 20.2. The van der Waals surface area contributed by atoms with Gasteiger partial charge in [-0.3, -0.25) is 19.2 Å². The lowest BCUT2D eigenvalue weighted by Gasteiger charge is -2.42. The van der Waals surface area contributed by atoms with E-state index in [1.807, 2.05) is 58.1 Å². The van der Waals surface area contributed by atoms with Crippen molar-refractivity contribution in [2.24, 2.45) is 35.5 Å². The van der Waals surface area contributed by atoms with Gasteiger partial charge in [-0.2, -0.15) is 0 Å². The molecule has 0 spiro atoms. The van der Waals surface area contributed by atoms with Gasteiger partial charge in [0.05, 0.1) is 37.6 Å². The molecule has 0 radical (unpaired) electrons. The van der Waals surface area contributed by atoms with Gasteiger partial charge < -0.3 is 48.6 Å². The van der Waals surface area contributed by atoms with Crippen LogP contribution < -0.4 is 0 Å². The number of hydrogen-bond acceptors (Lipinski definition) is 14. The number of aliphatic hydroxyl groups excluding tert-OH is 2. The molecule has 15 atom stereocenters. The summed E-state index contributed by atoms with van der Waals surface area (Å²) in [4.78, 5) is 72.1. The number of allylic oxidation sites excluding steroid dienone is 6. The van der Waals surface area contributed by atoms with Crippen LogP contribution in [0, 0.1) is 35.5 Å². The minimum Gasteiger partial charge on any atom is -0.460 e. The normalized spacial score (nSPS) is 37.9. The highest BCUT2D eigenvalue weighted by Gasteiger charge is 2.53. The Labute approximate surface area is 405 Å². The average Bonchev–Trinajstić information content (AvgIpc) is 3.32. The molecule has 0 unspecified atom stereocenters. The minimum atomic E-state index is -2.43. The number of methoxy groups -OCH3 is 3. The molecular weight excluding hydrogens is 875 g/mol. The zero-order valence-corrected chi connectivity index (χ0v) is 42.4. The Balaban J connectivity index is 1.70. The van der Waals surface area contributed by atoms with Crippen LogP contribution in [-0.2, 0) is 52.4 Å². The fourth-order valence-electron chi connectivity index (χ4n) is 10.5. The lowest BCUT2D eigenvalue weighted by Crippen LogP contribution is -2.61. The molecule has 4 rings (SSSR count). The number of amides is 1. The van der Waals surface area contributed by atoms with Crippen molar-refractivity contribution in [2.75, 3.05) is 41.1 Å². The van der Waals surface area contributed by atoms with E-state index in [2.05, 4.69) is 0 Å². The number of esters is 1. The summed E-state index contributed by atoms with van der Waals surface area (Å²) in [7, 11) is 4.58. The second-order valence-corrected chi connectivity index (χ2v) is 20.2. The summed E-state index contributed by atoms with van der Waals surface area (Å²) in [6.45, 7) is 12.9. The van der Waals surface area contributed by atoms with Crippen molar-refractivity contribution in [2.45, 2.75) is 180 Å². The van der Waals surface area contributed by atoms with Crippen molar-refractivity contribution < 1.29 is 67.7 Å². The van der Waals surface area contributed by atoms with E-state index >= 15 is 0 Å². The van der Waals surface area contributed by atoms with Crippen molar-refractivity contribution in [1.82, 2.24) is 4.90 Å². The summed E-state index contributed by atoms with van der Waals surface area (Å²) in [5.41, 5.74) is 1.26. The Bertz CT molecular complexity index is 1810. The molecule has 0 aromatic heterocycles. The maximum absolute atomic E-state index is 14.5. The van der Waals surface area contributed by atoms with Crippen LogP contribution in [0.25, 0.3) is 0 Å². The molecule has 4 aliphatic rings. The van der Waals surface area contributed by atoms with Crippen molar-refractivity contribution in [1.29, 1.82) is 0 Å². The monoisotopic (exact) mass is 958 g/mol. The third-order valence-electron chi connectivity index (χ3n) is 14.9. The molecule has 15 heteroatoms. The number of fused-ring (bicyclic) bond motifs is 3. The van der Waals surface area contributed by atoms with Crippen molar-refractivity contribution in [3.8, 4) is 0 Å². The summed E-state index contributed by atoms with van der Waals surface area (Å²) in [6.07, 6.45) is 12.0. The molecule has 3 fully saturated rings. The fraction of sp³-hybridized carbons (Fsp3) is 0.755. The maximum atomic E-state index is 14.5. The van der Waals surface area contributed by atoms with Crippen LogP contribution in [0.4, 0.5) is 0 Å². The van der Waals surface area contributed by atoms with Gasteiger partial charge >= 0.3 is 5.97 Å². The van der Waals surface area contributed by atoms with E-state index in [4.69, 9.17) is 28.4 Å². The Morgan fingerprint density at radius 3 is 2.26 bits per heavy atom. The number of cyclic esters (lactones) is 1. The summed E-state index contributed by atoms with van der Waals surface area (Å²) < 4.78 is 35.6. The molecule has 0 aromatic carbocycles. The minimum absolute atomic E-state index is 0.0158. The highest BCUT2D eigenvalue weighted by molar-refractivity contribution is 6.39. The smallest absolute Gasteiger partial charge is 0.329 e. The Morgan fingerprint density at radius 1 is 0.853 bits per heavy atom. The Kier molecular flexibility index (Phi) is 22.9. The number of nitrogens with zero attached hydrogens (tertiary/aromatic N) is 1. The zero-order valence-electron chi connectivity index (χ0n) is 42.4. The van der Waals surface area contributed by atoms with Gasteiger partial charge in [-0.25, -0.2) is 4.79 Å². The molecule has 384 valence electrons. The van der Waals surface area contributed by atoms with Crippen molar-refractivity contribution in [3.05, 3.63) is 47.6 Å². The molecule has 3 N–H and O–H groups in total. The van der Waals surface area contributed by atoms with Crippen LogP contribution in [0.3, 0.4) is 0 Å². The van der Waals surface area contributed by atoms with Crippen LogP contribution >= 0.6 is 0 Å². The van der Waals surface area contributed by atoms with Gasteiger partial charge in [0.2, 0.25) is 5.79 Å². The van der Waals surface area contributed by atoms with E-state index in [0.29, 0.717) is 63.4 Å². The maximum Gasteiger partial charge on any atom is 0.329 e. The first kappa shape index (κ1) is 57.2. The highest BCUT2D eigenvalue weighted by atomic mass is 16.6. The molecule has 3 aliphatic heterocycles. The van der Waals surface area contributed by atoms with E-state index < -0.39 is 77.8 Å². The summed E-state index contributed by atoms with van der Waals surface area (Å²) in [6, 6.07) is -1.14. The largest absolute Gasteiger partial charge is 0.460 e. The molecule has 68 heavy (non-hydrogen) atoms. The molecule has 2 bridgehead atoms. The van der Waals surface area contributed by atoms with Gasteiger partial charge in [-0.05, 0) is 107 Å². The predicted molar refractivity (Wildman–Crippen MR) is 256 cm³/mol. The standard InChI is InChI=1S/C53H83NO14/c1-32-16-12-11-13-17-33(2)44(63-8)30-40-21-19-38(7)53(62,68-40)50(59)51(60)54-23-15-14-18-41(54)52(61)67-45(35(4)28-39-20-22-43(66-25-24-55)46(29-39)64-9)31-42(56)34(3)27-37(6)48(58)49(65-10)47(57)36(5)26-32/h11-13,16-17,27,32,34-36,38-41,43-46,48-49,55,58,62H,14-15,18-26,28-31H2,1-10H3/b13-11?,16-12-,33-17?,37-27-/t32-,34-,35-,36-,38-,39+,40+,41+,43-,44+,45+,46-,48-,49+,53-/m1/s1. The number of piperidine rings is 1.